The second-order valence-corrected chi connectivity index (χ2v) is 6.08. The molecular weight excluding hydrogens is 350 g/mol. The normalized spacial score (nSPS) is 21.8. The molecule has 26 heavy (non-hydrogen) atoms. The lowest BCUT2D eigenvalue weighted by Crippen LogP contribution is -2.33. The van der Waals surface area contributed by atoms with E-state index in [0.29, 0.717) is 26.2 Å². The maximum Gasteiger partial charge on any atom is 0.414 e. The maximum atomic E-state index is 14.7. The van der Waals surface area contributed by atoms with E-state index in [0.717, 1.165) is 12.1 Å². The highest BCUT2D eigenvalue weighted by molar-refractivity contribution is 5.90. The highest BCUT2D eigenvalue weighted by atomic mass is 19.1. The molecule has 8 nitrogen and oxygen atoms in total. The predicted molar refractivity (Wildman–Crippen MR) is 89.9 cm³/mol. The number of benzene rings is 1. The zero-order valence-corrected chi connectivity index (χ0v) is 14.2. The van der Waals surface area contributed by atoms with Gasteiger partial charge in [0.1, 0.15) is 11.8 Å². The van der Waals surface area contributed by atoms with Gasteiger partial charge in [-0.05, 0) is 0 Å². The topological polar surface area (TPSA) is 91.5 Å². The lowest BCUT2D eigenvalue weighted by molar-refractivity contribution is -0.152. The van der Waals surface area contributed by atoms with Crippen LogP contribution in [0.5, 0.6) is 0 Å². The third-order valence-electron chi connectivity index (χ3n) is 4.37. The molecule has 1 aromatic carbocycles. The Morgan fingerprint density at radius 1 is 1.23 bits per heavy atom. The summed E-state index contributed by atoms with van der Waals surface area (Å²) in [5.74, 6) is -1.53. The van der Waals surface area contributed by atoms with E-state index in [4.69, 9.17) is 20.4 Å². The number of nitrogens with two attached hydrogens (primary N) is 1. The third-order valence-corrected chi connectivity index (χ3v) is 4.37. The van der Waals surface area contributed by atoms with Crippen LogP contribution in [0.1, 0.15) is 0 Å². The summed E-state index contributed by atoms with van der Waals surface area (Å²) < 4.78 is 34.3. The largest absolute Gasteiger partial charge is 0.443 e. The van der Waals surface area contributed by atoms with Crippen LogP contribution in [0.2, 0.25) is 0 Å². The Labute approximate surface area is 149 Å². The van der Waals surface area contributed by atoms with Crippen LogP contribution in [0.3, 0.4) is 0 Å². The smallest absolute Gasteiger partial charge is 0.414 e. The average Bonchev–Trinajstić information content (AvgIpc) is 2.84. The van der Waals surface area contributed by atoms with Crippen molar-refractivity contribution in [3.8, 4) is 0 Å². The number of halogens is 2. The molecule has 1 amide bonds. The SMILES string of the molecule is NC[C@H]1CN(c2cc(F)c(N3CCON(CCO)CC3)c(F)c2)C(=O)O1. The van der Waals surface area contributed by atoms with Crippen molar-refractivity contribution >= 4 is 17.5 Å². The van der Waals surface area contributed by atoms with Crippen LogP contribution in [0, 0.1) is 11.6 Å². The molecule has 144 valence electrons. The van der Waals surface area contributed by atoms with Crippen LogP contribution in [0.15, 0.2) is 12.1 Å². The molecule has 1 aromatic rings. The summed E-state index contributed by atoms with van der Waals surface area (Å²) in [6, 6.07) is 2.24. The number of hydrogen-bond acceptors (Lipinski definition) is 7. The van der Waals surface area contributed by atoms with Crippen molar-refractivity contribution in [3.63, 3.8) is 0 Å². The van der Waals surface area contributed by atoms with E-state index < -0.39 is 23.8 Å². The average molecular weight is 372 g/mol. The zero-order chi connectivity index (χ0) is 18.7. The molecule has 0 spiro atoms. The molecule has 0 aliphatic carbocycles. The van der Waals surface area contributed by atoms with Crippen LogP contribution in [-0.4, -0.2) is 74.8 Å². The molecule has 0 saturated carbocycles. The molecule has 2 aliphatic rings. The van der Waals surface area contributed by atoms with E-state index in [1.54, 1.807) is 9.96 Å². The molecule has 10 heteroatoms. The lowest BCUT2D eigenvalue weighted by atomic mass is 10.2. The van der Waals surface area contributed by atoms with Crippen molar-refractivity contribution in [3.05, 3.63) is 23.8 Å². The van der Waals surface area contributed by atoms with Gasteiger partial charge >= 0.3 is 6.09 Å². The van der Waals surface area contributed by atoms with E-state index in [9.17, 15) is 13.6 Å². The summed E-state index contributed by atoms with van der Waals surface area (Å²) in [4.78, 5) is 20.0. The number of anilines is 2. The number of rotatable bonds is 5. The Morgan fingerprint density at radius 3 is 2.58 bits per heavy atom. The third kappa shape index (κ3) is 3.88. The minimum atomic E-state index is -0.764. The standard InChI is InChI=1S/C16H22F2N4O4/c17-13-7-11(22-10-12(9-19)26-16(22)24)8-14(18)15(13)20-1-2-21(3-5-23)25-6-4-20/h7-8,12,23H,1-6,9-10,19H2/t12-/m0/s1. The fourth-order valence-corrected chi connectivity index (χ4v) is 3.07. The number of aliphatic hydroxyl groups is 1. The number of carbonyl (C=O) groups is 1. The van der Waals surface area contributed by atoms with Crippen LogP contribution in [-0.2, 0) is 9.57 Å². The molecule has 2 aliphatic heterocycles. The maximum absolute atomic E-state index is 14.7. The molecule has 0 radical (unpaired) electrons. The number of aliphatic hydroxyl groups excluding tert-OH is 1. The van der Waals surface area contributed by atoms with Crippen molar-refractivity contribution in [2.45, 2.75) is 6.10 Å². The number of carbonyl (C=O) groups excluding carboxylic acids is 1. The summed E-state index contributed by atoms with van der Waals surface area (Å²) in [6.07, 6.45) is -1.16. The number of hydrogen-bond donors (Lipinski definition) is 2. The summed E-state index contributed by atoms with van der Waals surface area (Å²) in [5.41, 5.74) is 5.41. The quantitative estimate of drug-likeness (QED) is 0.768. The lowest BCUT2D eigenvalue weighted by Gasteiger charge is -2.24. The number of β-amino-alcohol motifs (C(OH)–C–C–N with tert-alkyl or cyclic N) is 1. The van der Waals surface area contributed by atoms with Gasteiger partial charge in [0.05, 0.1) is 25.4 Å². The molecule has 1 atom stereocenters. The van der Waals surface area contributed by atoms with Gasteiger partial charge in [0.25, 0.3) is 0 Å². The molecule has 3 N–H and O–H groups in total. The van der Waals surface area contributed by atoms with Crippen LogP contribution < -0.4 is 15.5 Å². The molecule has 0 unspecified atom stereocenters. The van der Waals surface area contributed by atoms with E-state index in [2.05, 4.69) is 0 Å². The predicted octanol–water partition coefficient (Wildman–Crippen LogP) is 0.295. The van der Waals surface area contributed by atoms with Gasteiger partial charge in [-0.1, -0.05) is 0 Å². The first-order valence-corrected chi connectivity index (χ1v) is 8.44. The van der Waals surface area contributed by atoms with Crippen molar-refractivity contribution in [1.82, 2.24) is 5.06 Å². The molecule has 2 heterocycles. The van der Waals surface area contributed by atoms with Gasteiger partial charge in [-0.15, -0.1) is 0 Å². The Bertz CT molecular complexity index is 640. The van der Waals surface area contributed by atoms with Gasteiger partial charge in [0.2, 0.25) is 0 Å². The van der Waals surface area contributed by atoms with Gasteiger partial charge in [0.15, 0.2) is 11.6 Å². The minimum Gasteiger partial charge on any atom is -0.443 e. The van der Waals surface area contributed by atoms with Gasteiger partial charge in [0, 0.05) is 44.9 Å². The number of cyclic esters (lactones) is 1. The molecule has 0 aromatic heterocycles. The van der Waals surface area contributed by atoms with E-state index in [1.165, 1.54) is 4.90 Å². The summed E-state index contributed by atoms with van der Waals surface area (Å²) >= 11 is 0. The van der Waals surface area contributed by atoms with Gasteiger partial charge < -0.3 is 20.5 Å². The van der Waals surface area contributed by atoms with Gasteiger partial charge in [-0.3, -0.25) is 9.74 Å². The van der Waals surface area contributed by atoms with E-state index in [-0.39, 0.29) is 37.7 Å². The summed E-state index contributed by atoms with van der Waals surface area (Å²) in [7, 11) is 0. The fourth-order valence-electron chi connectivity index (χ4n) is 3.07. The second kappa shape index (κ2) is 8.12. The molecule has 2 fully saturated rings. The number of amides is 1. The van der Waals surface area contributed by atoms with Crippen LogP contribution in [0.25, 0.3) is 0 Å². The zero-order valence-electron chi connectivity index (χ0n) is 14.2. The molecule has 2 saturated heterocycles. The number of ether oxygens (including phenoxy) is 1. The Kier molecular flexibility index (Phi) is 5.87. The molecule has 3 rings (SSSR count). The van der Waals surface area contributed by atoms with E-state index >= 15 is 0 Å². The van der Waals surface area contributed by atoms with Crippen molar-refractivity contribution in [2.24, 2.45) is 5.73 Å². The summed E-state index contributed by atoms with van der Waals surface area (Å²) in [6.45, 7) is 1.86. The monoisotopic (exact) mass is 372 g/mol. The first-order chi connectivity index (χ1) is 12.5. The summed E-state index contributed by atoms with van der Waals surface area (Å²) in [5, 5.41) is 10.5. The highest BCUT2D eigenvalue weighted by Crippen LogP contribution is 2.31. The first-order valence-electron chi connectivity index (χ1n) is 8.44. The van der Waals surface area contributed by atoms with Crippen LogP contribution in [0.4, 0.5) is 25.0 Å². The van der Waals surface area contributed by atoms with E-state index in [1.807, 2.05) is 0 Å². The highest BCUT2D eigenvalue weighted by Gasteiger charge is 2.33. The van der Waals surface area contributed by atoms with Gasteiger partial charge in [-0.2, -0.15) is 5.06 Å². The molecular formula is C16H22F2N4O4. The Hall–Kier alpha value is -2.01. The number of hydroxylamine groups is 2. The first kappa shape index (κ1) is 18.8. The Morgan fingerprint density at radius 2 is 1.96 bits per heavy atom. The fraction of sp³-hybridized carbons (Fsp3) is 0.562. The van der Waals surface area contributed by atoms with Crippen LogP contribution >= 0.6 is 0 Å². The second-order valence-electron chi connectivity index (χ2n) is 6.08. The van der Waals surface area contributed by atoms with Crippen molar-refractivity contribution in [1.29, 1.82) is 0 Å². The van der Waals surface area contributed by atoms with Gasteiger partial charge in [-0.25, -0.2) is 13.6 Å². The minimum absolute atomic E-state index is 0.0624. The van der Waals surface area contributed by atoms with Crippen molar-refractivity contribution in [2.75, 3.05) is 62.3 Å². The number of nitrogens with zero attached hydrogens (tertiary/aromatic N) is 3. The van der Waals surface area contributed by atoms with Crippen molar-refractivity contribution < 1.29 is 28.3 Å². The molecule has 0 bridgehead atoms. The Balaban J connectivity index is 1.78.